The smallest absolute Gasteiger partial charge is 0.411 e. The summed E-state index contributed by atoms with van der Waals surface area (Å²) in [6.07, 6.45) is -11.4. The summed E-state index contributed by atoms with van der Waals surface area (Å²) in [4.78, 5) is 26.3. The number of hydrogen-bond acceptors (Lipinski definition) is 5. The highest BCUT2D eigenvalue weighted by atomic mass is 19.4. The summed E-state index contributed by atoms with van der Waals surface area (Å²) in [5.74, 6) is -22.1. The van der Waals surface area contributed by atoms with Crippen molar-refractivity contribution in [2.45, 2.75) is 89.6 Å². The van der Waals surface area contributed by atoms with Gasteiger partial charge in [0.05, 0.1) is 0 Å². The molecule has 0 fully saturated rings. The zero-order chi connectivity index (χ0) is 52.8. The van der Waals surface area contributed by atoms with E-state index in [0.717, 1.165) is 60.7 Å². The van der Waals surface area contributed by atoms with Gasteiger partial charge < -0.3 is 14.2 Å². The lowest BCUT2D eigenvalue weighted by Gasteiger charge is -2.38. The number of rotatable bonds is 16. The summed E-state index contributed by atoms with van der Waals surface area (Å²) in [6, 6.07) is 12.8. The van der Waals surface area contributed by atoms with Gasteiger partial charge in [-0.3, -0.25) is 9.59 Å². The predicted molar refractivity (Wildman–Crippen MR) is 231 cm³/mol. The molecule has 0 aliphatic heterocycles. The number of carbonyl (C=O) groups excluding carboxylic acids is 2. The third-order valence-electron chi connectivity index (χ3n) is 12.5. The van der Waals surface area contributed by atoms with Crippen molar-refractivity contribution in [3.63, 3.8) is 0 Å². The van der Waals surface area contributed by atoms with Gasteiger partial charge in [-0.05, 0) is 122 Å². The molecule has 0 unspecified atom stereocenters. The molecule has 19 heteroatoms. The lowest BCUT2D eigenvalue weighted by Crippen LogP contribution is -2.54. The Hall–Kier alpha value is -6.92. The van der Waals surface area contributed by atoms with Crippen molar-refractivity contribution >= 4 is 11.6 Å². The maximum Gasteiger partial charge on any atom is 0.411 e. The lowest BCUT2D eigenvalue weighted by molar-refractivity contribution is -0.288. The highest BCUT2D eigenvalue weighted by molar-refractivity contribution is 6.10. The molecule has 0 heterocycles. The largest absolute Gasteiger partial charge is 0.488 e. The zero-order valence-electron chi connectivity index (χ0n) is 38.2. The highest BCUT2D eigenvalue weighted by Crippen LogP contribution is 2.56. The van der Waals surface area contributed by atoms with E-state index in [2.05, 4.69) is 0 Å². The van der Waals surface area contributed by atoms with E-state index in [1.54, 1.807) is 34.6 Å². The Balaban J connectivity index is 1.20. The third-order valence-corrected chi connectivity index (χ3v) is 12.5. The summed E-state index contributed by atoms with van der Waals surface area (Å²) >= 11 is 0. The molecule has 0 radical (unpaired) electrons. The van der Waals surface area contributed by atoms with Gasteiger partial charge in [-0.25, -0.2) is 26.3 Å². The Bertz CT molecular complexity index is 2890. The third kappa shape index (κ3) is 9.79. The number of ketones is 2. The number of alkyl halides is 6. The van der Waals surface area contributed by atoms with Crippen LogP contribution in [0.2, 0.25) is 0 Å². The van der Waals surface area contributed by atoms with Gasteiger partial charge in [0, 0.05) is 16.7 Å². The summed E-state index contributed by atoms with van der Waals surface area (Å²) in [6.45, 7) is 9.64. The average Bonchev–Trinajstić information content (AvgIpc) is 3.32. The van der Waals surface area contributed by atoms with Crippen molar-refractivity contribution in [1.82, 2.24) is 0 Å². The van der Waals surface area contributed by atoms with Crippen LogP contribution in [0.15, 0.2) is 97.1 Å². The summed E-state index contributed by atoms with van der Waals surface area (Å²) in [5.41, 5.74) is -14.4. The van der Waals surface area contributed by atoms with Crippen LogP contribution in [0.3, 0.4) is 0 Å². The van der Waals surface area contributed by atoms with Gasteiger partial charge >= 0.3 is 12.4 Å². The number of ether oxygens (including phenoxy) is 3. The molecule has 0 aromatic heterocycles. The van der Waals surface area contributed by atoms with Crippen molar-refractivity contribution in [2.24, 2.45) is 0 Å². The second-order valence-corrected chi connectivity index (χ2v) is 17.2. The first-order valence-electron chi connectivity index (χ1n) is 21.5. The highest BCUT2D eigenvalue weighted by Gasteiger charge is 2.72. The molecular weight excluding hydrogens is 971 g/mol. The van der Waals surface area contributed by atoms with Crippen LogP contribution >= 0.6 is 0 Å². The minimum absolute atomic E-state index is 0.0200. The fourth-order valence-corrected chi connectivity index (χ4v) is 7.68. The van der Waals surface area contributed by atoms with Gasteiger partial charge in [0.15, 0.2) is 46.5 Å². The van der Waals surface area contributed by atoms with Crippen molar-refractivity contribution in [3.05, 3.63) is 183 Å². The minimum Gasteiger partial charge on any atom is -0.488 e. The number of hydrogen-bond donors (Lipinski definition) is 0. The minimum atomic E-state index is -6.03. The van der Waals surface area contributed by atoms with E-state index >= 15 is 35.1 Å². The number of benzene rings is 6. The quantitative estimate of drug-likeness (QED) is 0.0549. The van der Waals surface area contributed by atoms with Crippen LogP contribution in [-0.2, 0) is 10.8 Å². The Morgan fingerprint density at radius 3 is 1.08 bits per heavy atom. The summed E-state index contributed by atoms with van der Waals surface area (Å²) < 4.78 is 227. The molecule has 0 bridgehead atoms. The van der Waals surface area contributed by atoms with E-state index in [-0.39, 0.29) is 30.1 Å². The van der Waals surface area contributed by atoms with Crippen molar-refractivity contribution in [3.8, 4) is 28.7 Å². The van der Waals surface area contributed by atoms with Crippen LogP contribution in [-0.4, -0.2) is 29.5 Å². The van der Waals surface area contributed by atoms with E-state index < -0.39 is 137 Å². The molecule has 0 spiro atoms. The Labute approximate surface area is 397 Å². The van der Waals surface area contributed by atoms with Crippen LogP contribution < -0.4 is 14.2 Å². The van der Waals surface area contributed by atoms with Crippen LogP contribution in [0.1, 0.15) is 109 Å². The Kier molecular flexibility index (Phi) is 14.8. The fraction of sp³-hybridized carbons (Fsp3) is 0.269. The molecule has 0 amide bonds. The van der Waals surface area contributed by atoms with Gasteiger partial charge in [-0.2, -0.15) is 35.1 Å². The van der Waals surface area contributed by atoms with Crippen molar-refractivity contribution < 1.29 is 85.3 Å². The predicted octanol–water partition coefficient (Wildman–Crippen LogP) is 15.9. The van der Waals surface area contributed by atoms with E-state index in [1.807, 2.05) is 0 Å². The first kappa shape index (κ1) is 53.4. The summed E-state index contributed by atoms with van der Waals surface area (Å²) in [5, 5.41) is 0. The number of halogens is 14. The van der Waals surface area contributed by atoms with Gasteiger partial charge in [-0.15, -0.1) is 0 Å². The van der Waals surface area contributed by atoms with E-state index in [4.69, 9.17) is 14.2 Å². The van der Waals surface area contributed by atoms with Crippen LogP contribution in [0.25, 0.3) is 0 Å². The molecular formula is C52H40F14O5. The first-order chi connectivity index (χ1) is 33.1. The maximum absolute atomic E-state index is 15.4. The van der Waals surface area contributed by atoms with Crippen LogP contribution in [0, 0.1) is 46.5 Å². The van der Waals surface area contributed by atoms with Crippen LogP contribution in [0.5, 0.6) is 28.7 Å². The molecule has 6 rings (SSSR count). The summed E-state index contributed by atoms with van der Waals surface area (Å²) in [7, 11) is 0. The molecule has 5 nitrogen and oxygen atoms in total. The van der Waals surface area contributed by atoms with Gasteiger partial charge in [0.25, 0.3) is 0 Å². The number of carbonyl (C=O) groups is 2. The first-order valence-corrected chi connectivity index (χ1v) is 21.5. The van der Waals surface area contributed by atoms with E-state index in [1.165, 1.54) is 6.92 Å². The molecule has 0 aliphatic rings. The second kappa shape index (κ2) is 19.7. The molecule has 0 N–H and O–H groups in total. The normalized spacial score (nSPS) is 12.5. The van der Waals surface area contributed by atoms with E-state index in [9.17, 15) is 35.9 Å². The molecule has 376 valence electrons. The standard InChI is InChI=1S/C52H40F14O5/c1-7-48(4,5)71-33-24-16-29(17-25-33)50(51(61,62)63,52(64,65)66)28-14-22-32(23-15-28)70-47-43(59)39(55)35(40(56)44(47)60)46(68)27-12-20-31(21-13-27)69-30-18-10-26(11-19-30)45(67)34-37(53)41(57)36(42(58)38(34)54)49(6,8-2)9-3/h10-25H,7-9H2,1-6H3. The van der Waals surface area contributed by atoms with E-state index in [0.29, 0.717) is 42.8 Å². The molecule has 0 aliphatic carbocycles. The Morgan fingerprint density at radius 2 is 0.746 bits per heavy atom. The molecule has 71 heavy (non-hydrogen) atoms. The monoisotopic (exact) mass is 1010 g/mol. The Morgan fingerprint density at radius 1 is 0.423 bits per heavy atom. The van der Waals surface area contributed by atoms with Crippen molar-refractivity contribution in [2.75, 3.05) is 0 Å². The fourth-order valence-electron chi connectivity index (χ4n) is 7.68. The zero-order valence-corrected chi connectivity index (χ0v) is 38.2. The second-order valence-electron chi connectivity index (χ2n) is 17.2. The molecule has 6 aromatic carbocycles. The SMILES string of the molecule is CCC(C)(C)Oc1ccc(C(c2ccc(Oc3c(F)c(F)c(C(=O)c4ccc(Oc5ccc(C(=O)c6c(F)c(F)c(C(C)(CC)CC)c(F)c6F)cc5)cc4)c(F)c3F)cc2)(C(F)(F)F)C(F)(F)F)cc1. The van der Waals surface area contributed by atoms with Gasteiger partial charge in [-0.1, -0.05) is 52.0 Å². The molecule has 6 aromatic rings. The lowest BCUT2D eigenvalue weighted by atomic mass is 9.73. The van der Waals surface area contributed by atoms with Crippen molar-refractivity contribution in [1.29, 1.82) is 0 Å². The van der Waals surface area contributed by atoms with Gasteiger partial charge in [0.1, 0.15) is 39.7 Å². The maximum atomic E-state index is 15.4. The molecule has 0 atom stereocenters. The van der Waals surface area contributed by atoms with Gasteiger partial charge in [0.2, 0.25) is 22.8 Å². The molecule has 0 saturated carbocycles. The molecule has 0 saturated heterocycles. The van der Waals surface area contributed by atoms with Crippen LogP contribution in [0.4, 0.5) is 61.5 Å². The average molecular weight is 1010 g/mol. The topological polar surface area (TPSA) is 61.8 Å².